The van der Waals surface area contributed by atoms with Crippen molar-refractivity contribution in [3.8, 4) is 0 Å². The monoisotopic (exact) mass is 218 g/mol. The molecule has 1 aromatic carbocycles. The van der Waals surface area contributed by atoms with Gasteiger partial charge in [-0.1, -0.05) is 19.4 Å². The van der Waals surface area contributed by atoms with Gasteiger partial charge >= 0.3 is 0 Å². The van der Waals surface area contributed by atoms with Crippen molar-refractivity contribution >= 4 is 11.6 Å². The van der Waals surface area contributed by atoms with Crippen LogP contribution in [0, 0.1) is 17.6 Å². The van der Waals surface area contributed by atoms with Crippen molar-refractivity contribution in [2.24, 2.45) is 5.92 Å². The van der Waals surface area contributed by atoms with Gasteiger partial charge in [-0.05, 0) is 30.0 Å². The first-order valence-electron chi connectivity index (χ1n) is 4.67. The van der Waals surface area contributed by atoms with Crippen LogP contribution in [0.5, 0.6) is 0 Å². The van der Waals surface area contributed by atoms with Gasteiger partial charge in [0.1, 0.15) is 0 Å². The molecule has 0 spiro atoms. The number of halogens is 3. The maximum Gasteiger partial charge on any atom is 0.159 e. The van der Waals surface area contributed by atoms with Crippen molar-refractivity contribution in [2.75, 3.05) is 5.88 Å². The second-order valence-electron chi connectivity index (χ2n) is 3.38. The van der Waals surface area contributed by atoms with Crippen LogP contribution in [-0.2, 0) is 6.42 Å². The van der Waals surface area contributed by atoms with E-state index in [9.17, 15) is 8.78 Å². The molecule has 78 valence electrons. The van der Waals surface area contributed by atoms with E-state index < -0.39 is 11.6 Å². The van der Waals surface area contributed by atoms with E-state index >= 15 is 0 Å². The summed E-state index contributed by atoms with van der Waals surface area (Å²) in [7, 11) is 0. The van der Waals surface area contributed by atoms with E-state index in [1.165, 1.54) is 6.07 Å². The van der Waals surface area contributed by atoms with Crippen LogP contribution in [0.25, 0.3) is 0 Å². The third-order valence-corrected chi connectivity index (χ3v) is 2.74. The van der Waals surface area contributed by atoms with Gasteiger partial charge in [-0.2, -0.15) is 0 Å². The summed E-state index contributed by atoms with van der Waals surface area (Å²) in [4.78, 5) is 0. The summed E-state index contributed by atoms with van der Waals surface area (Å²) in [5.74, 6) is -0.698. The molecule has 1 atom stereocenters. The molecule has 0 radical (unpaired) electrons. The second-order valence-corrected chi connectivity index (χ2v) is 3.69. The number of benzene rings is 1. The van der Waals surface area contributed by atoms with Crippen LogP contribution in [0.4, 0.5) is 8.78 Å². The van der Waals surface area contributed by atoms with Crippen molar-refractivity contribution in [3.63, 3.8) is 0 Å². The molecule has 0 heterocycles. The highest BCUT2D eigenvalue weighted by Gasteiger charge is 2.08. The number of hydrogen-bond donors (Lipinski definition) is 0. The van der Waals surface area contributed by atoms with Gasteiger partial charge in [0.05, 0.1) is 0 Å². The molecule has 0 aliphatic carbocycles. The second kappa shape index (κ2) is 5.30. The van der Waals surface area contributed by atoms with E-state index in [1.807, 2.05) is 6.92 Å². The fourth-order valence-corrected chi connectivity index (χ4v) is 1.64. The molecule has 1 rings (SSSR count). The molecule has 1 aromatic rings. The Morgan fingerprint density at radius 1 is 1.29 bits per heavy atom. The lowest BCUT2D eigenvalue weighted by molar-refractivity contribution is 0.503. The van der Waals surface area contributed by atoms with E-state index in [0.717, 1.165) is 18.1 Å². The molecule has 0 aliphatic heterocycles. The van der Waals surface area contributed by atoms with Gasteiger partial charge in [-0.3, -0.25) is 0 Å². The maximum atomic E-state index is 12.8. The summed E-state index contributed by atoms with van der Waals surface area (Å²) < 4.78 is 25.4. The van der Waals surface area contributed by atoms with E-state index in [-0.39, 0.29) is 0 Å². The molecule has 0 bridgehead atoms. The highest BCUT2D eigenvalue weighted by atomic mass is 35.5. The molecule has 3 heteroatoms. The van der Waals surface area contributed by atoms with Gasteiger partial charge in [0.2, 0.25) is 0 Å². The van der Waals surface area contributed by atoms with Gasteiger partial charge < -0.3 is 0 Å². The zero-order valence-electron chi connectivity index (χ0n) is 8.06. The average Bonchev–Trinajstić information content (AvgIpc) is 2.19. The minimum atomic E-state index is -0.798. The van der Waals surface area contributed by atoms with Crippen molar-refractivity contribution < 1.29 is 8.78 Å². The molecule has 0 saturated carbocycles. The highest BCUT2D eigenvalue weighted by molar-refractivity contribution is 6.18. The predicted molar refractivity (Wildman–Crippen MR) is 54.6 cm³/mol. The van der Waals surface area contributed by atoms with Crippen LogP contribution in [0.1, 0.15) is 18.9 Å². The lowest BCUT2D eigenvalue weighted by Crippen LogP contribution is -2.05. The zero-order chi connectivity index (χ0) is 10.6. The van der Waals surface area contributed by atoms with Gasteiger partial charge in [0.15, 0.2) is 11.6 Å². The first kappa shape index (κ1) is 11.4. The molecule has 0 nitrogen and oxygen atoms in total. The first-order chi connectivity index (χ1) is 6.67. The first-order valence-corrected chi connectivity index (χ1v) is 5.20. The molecular formula is C11H13ClF2. The van der Waals surface area contributed by atoms with Crippen molar-refractivity contribution in [1.82, 2.24) is 0 Å². The van der Waals surface area contributed by atoms with Crippen LogP contribution in [0.3, 0.4) is 0 Å². The third kappa shape index (κ3) is 2.95. The molecule has 0 aliphatic rings. The number of rotatable bonds is 4. The van der Waals surface area contributed by atoms with Gasteiger partial charge in [0, 0.05) is 5.88 Å². The molecule has 0 N–H and O–H groups in total. The highest BCUT2D eigenvalue weighted by Crippen LogP contribution is 2.16. The Morgan fingerprint density at radius 2 is 2.00 bits per heavy atom. The Kier molecular flexibility index (Phi) is 4.33. The number of hydrogen-bond acceptors (Lipinski definition) is 0. The molecule has 14 heavy (non-hydrogen) atoms. The topological polar surface area (TPSA) is 0 Å². The normalized spacial score (nSPS) is 12.9. The summed E-state index contributed by atoms with van der Waals surface area (Å²) in [6.45, 7) is 2.03. The summed E-state index contributed by atoms with van der Waals surface area (Å²) in [6, 6.07) is 4.00. The van der Waals surface area contributed by atoms with Crippen molar-refractivity contribution in [1.29, 1.82) is 0 Å². The van der Waals surface area contributed by atoms with Crippen LogP contribution in [0.15, 0.2) is 18.2 Å². The Balaban J connectivity index is 2.72. The van der Waals surface area contributed by atoms with Crippen LogP contribution >= 0.6 is 11.6 Å². The smallest absolute Gasteiger partial charge is 0.159 e. The minimum absolute atomic E-state index is 0.335. The summed E-state index contributed by atoms with van der Waals surface area (Å²) in [5, 5.41) is 0. The molecule has 0 fully saturated rings. The van der Waals surface area contributed by atoms with Gasteiger partial charge in [-0.15, -0.1) is 11.6 Å². The minimum Gasteiger partial charge on any atom is -0.204 e. The van der Waals surface area contributed by atoms with E-state index in [2.05, 4.69) is 0 Å². The molecule has 0 aromatic heterocycles. The van der Waals surface area contributed by atoms with Crippen molar-refractivity contribution in [3.05, 3.63) is 35.4 Å². The number of alkyl halides is 1. The third-order valence-electron chi connectivity index (χ3n) is 2.30. The lowest BCUT2D eigenvalue weighted by atomic mass is 9.99. The van der Waals surface area contributed by atoms with Crippen LogP contribution in [-0.4, -0.2) is 5.88 Å². The quantitative estimate of drug-likeness (QED) is 0.675. The molecule has 0 amide bonds. The average molecular weight is 219 g/mol. The molecule has 0 saturated heterocycles. The standard InChI is InChI=1S/C11H13ClF2/c1-2-8(7-12)5-9-3-4-10(13)11(14)6-9/h3-4,6,8H,2,5,7H2,1H3. The Morgan fingerprint density at radius 3 is 2.50 bits per heavy atom. The van der Waals surface area contributed by atoms with Crippen molar-refractivity contribution in [2.45, 2.75) is 19.8 Å². The SMILES string of the molecule is CCC(CCl)Cc1ccc(F)c(F)c1. The zero-order valence-corrected chi connectivity index (χ0v) is 8.82. The Hall–Kier alpha value is -0.630. The Labute approximate surface area is 87.9 Å². The van der Waals surface area contributed by atoms with Gasteiger partial charge in [0.25, 0.3) is 0 Å². The summed E-state index contributed by atoms with van der Waals surface area (Å²) >= 11 is 5.72. The van der Waals surface area contributed by atoms with Crippen LogP contribution in [0.2, 0.25) is 0 Å². The van der Waals surface area contributed by atoms with E-state index in [4.69, 9.17) is 11.6 Å². The maximum absolute atomic E-state index is 12.8. The fourth-order valence-electron chi connectivity index (χ4n) is 1.31. The summed E-state index contributed by atoms with van der Waals surface area (Å²) in [6.07, 6.45) is 1.65. The Bertz CT molecular complexity index is 295. The van der Waals surface area contributed by atoms with Crippen LogP contribution < -0.4 is 0 Å². The fraction of sp³-hybridized carbons (Fsp3) is 0.455. The van der Waals surface area contributed by atoms with E-state index in [1.54, 1.807) is 6.07 Å². The largest absolute Gasteiger partial charge is 0.204 e. The molecule has 1 unspecified atom stereocenters. The molecular weight excluding hydrogens is 206 g/mol. The lowest BCUT2D eigenvalue weighted by Gasteiger charge is -2.10. The van der Waals surface area contributed by atoms with E-state index in [0.29, 0.717) is 18.2 Å². The van der Waals surface area contributed by atoms with Gasteiger partial charge in [-0.25, -0.2) is 8.78 Å². The summed E-state index contributed by atoms with van der Waals surface area (Å²) in [5.41, 5.74) is 0.802. The predicted octanol–water partition coefficient (Wildman–Crippen LogP) is 3.77.